The van der Waals surface area contributed by atoms with E-state index in [0.717, 1.165) is 26.1 Å². The molecule has 7 heteroatoms. The quantitative estimate of drug-likeness (QED) is 0.698. The second-order valence-electron chi connectivity index (χ2n) is 6.95. The van der Waals surface area contributed by atoms with Gasteiger partial charge in [-0.2, -0.15) is 0 Å². The fraction of sp³-hybridized carbons (Fsp3) is 0.350. The van der Waals surface area contributed by atoms with Gasteiger partial charge in [-0.25, -0.2) is 14.2 Å². The lowest BCUT2D eigenvalue weighted by molar-refractivity contribution is -0.152. The van der Waals surface area contributed by atoms with Crippen molar-refractivity contribution < 1.29 is 9.53 Å². The Morgan fingerprint density at radius 3 is 2.41 bits per heavy atom. The molecule has 0 spiro atoms. The van der Waals surface area contributed by atoms with Crippen molar-refractivity contribution in [1.29, 1.82) is 0 Å². The number of nitrogens with one attached hydrogen (secondary N) is 1. The first-order chi connectivity index (χ1) is 12.7. The van der Waals surface area contributed by atoms with Gasteiger partial charge in [0.05, 0.1) is 12.0 Å². The van der Waals surface area contributed by atoms with Gasteiger partial charge in [0.2, 0.25) is 0 Å². The summed E-state index contributed by atoms with van der Waals surface area (Å²) in [5.41, 5.74) is 0.257. The normalized spacial score (nSPS) is 11.7. The molecular formula is C20H22N2O4S. The van der Waals surface area contributed by atoms with Crippen molar-refractivity contribution in [2.45, 2.75) is 40.2 Å². The summed E-state index contributed by atoms with van der Waals surface area (Å²) >= 11 is 1.36. The second kappa shape index (κ2) is 6.81. The molecule has 0 aliphatic rings. The summed E-state index contributed by atoms with van der Waals surface area (Å²) in [4.78, 5) is 42.5. The number of carbonyl (C=O) groups is 1. The van der Waals surface area contributed by atoms with Crippen molar-refractivity contribution >= 4 is 27.5 Å². The van der Waals surface area contributed by atoms with Crippen molar-refractivity contribution in [3.63, 3.8) is 0 Å². The average molecular weight is 386 g/mol. The average Bonchev–Trinajstić information content (AvgIpc) is 2.91. The number of aromatic amines is 1. The number of ether oxygens (including phenoxy) is 1. The molecule has 0 bridgehead atoms. The fourth-order valence-electron chi connectivity index (χ4n) is 3.17. The molecule has 27 heavy (non-hydrogen) atoms. The van der Waals surface area contributed by atoms with E-state index in [4.69, 9.17) is 4.74 Å². The van der Waals surface area contributed by atoms with Gasteiger partial charge in [0.15, 0.2) is 0 Å². The molecule has 2 aromatic heterocycles. The molecule has 0 amide bonds. The van der Waals surface area contributed by atoms with Crippen LogP contribution in [-0.4, -0.2) is 22.1 Å². The van der Waals surface area contributed by atoms with Gasteiger partial charge in [-0.05, 0) is 40.2 Å². The molecule has 6 nitrogen and oxygen atoms in total. The first kappa shape index (κ1) is 19.1. The van der Waals surface area contributed by atoms with Crippen LogP contribution in [0.15, 0.2) is 33.9 Å². The van der Waals surface area contributed by atoms with Gasteiger partial charge in [0.1, 0.15) is 10.4 Å². The van der Waals surface area contributed by atoms with Crippen LogP contribution in [-0.2, 0) is 15.1 Å². The van der Waals surface area contributed by atoms with E-state index in [9.17, 15) is 14.4 Å². The molecule has 0 unspecified atom stereocenters. The summed E-state index contributed by atoms with van der Waals surface area (Å²) in [6.07, 6.45) is 0. The highest BCUT2D eigenvalue weighted by Crippen LogP contribution is 2.35. The zero-order valence-corrected chi connectivity index (χ0v) is 16.8. The summed E-state index contributed by atoms with van der Waals surface area (Å²) in [7, 11) is 0. The first-order valence-corrected chi connectivity index (χ1v) is 9.53. The van der Waals surface area contributed by atoms with Crippen LogP contribution >= 0.6 is 11.3 Å². The molecule has 0 aliphatic carbocycles. The Balaban J connectivity index is 2.35. The summed E-state index contributed by atoms with van der Waals surface area (Å²) in [6.45, 7) is 8.79. The zero-order chi connectivity index (χ0) is 19.9. The molecule has 3 rings (SSSR count). The topological polar surface area (TPSA) is 81.2 Å². The maximum atomic E-state index is 13.3. The van der Waals surface area contributed by atoms with Crippen LogP contribution in [0.1, 0.15) is 31.2 Å². The molecule has 0 saturated heterocycles. The third-order valence-corrected chi connectivity index (χ3v) is 5.62. The van der Waals surface area contributed by atoms with Gasteiger partial charge in [0.25, 0.3) is 5.56 Å². The molecule has 0 fully saturated rings. The number of hydrogen-bond acceptors (Lipinski definition) is 5. The smallest absolute Gasteiger partial charge is 0.332 e. The monoisotopic (exact) mass is 386 g/mol. The minimum Gasteiger partial charge on any atom is -0.464 e. The summed E-state index contributed by atoms with van der Waals surface area (Å²) in [5, 5.41) is 0.415. The number of H-pyrrole nitrogens is 1. The SMILES string of the molecule is CCOC(=O)C(C)(C)n1c(=O)[nH]c2sc(C)c(-c3ccc(C)cc3)c2c1=O. The Bertz CT molecular complexity index is 1130. The molecule has 142 valence electrons. The largest absolute Gasteiger partial charge is 0.464 e. The minimum atomic E-state index is -1.42. The zero-order valence-electron chi connectivity index (χ0n) is 16.0. The highest BCUT2D eigenvalue weighted by atomic mass is 32.1. The number of rotatable bonds is 4. The highest BCUT2D eigenvalue weighted by Gasteiger charge is 2.35. The third-order valence-electron chi connectivity index (χ3n) is 4.60. The van der Waals surface area contributed by atoms with Crippen molar-refractivity contribution in [2.75, 3.05) is 6.61 Å². The number of hydrogen-bond donors (Lipinski definition) is 1. The van der Waals surface area contributed by atoms with Crippen molar-refractivity contribution in [3.8, 4) is 11.1 Å². The molecule has 0 aliphatic heterocycles. The third kappa shape index (κ3) is 3.12. The Labute approximate surface area is 160 Å². The molecule has 1 aromatic carbocycles. The van der Waals surface area contributed by atoms with E-state index in [2.05, 4.69) is 4.98 Å². The van der Waals surface area contributed by atoms with Crippen LogP contribution in [0, 0.1) is 13.8 Å². The van der Waals surface area contributed by atoms with Crippen LogP contribution in [0.3, 0.4) is 0 Å². The second-order valence-corrected chi connectivity index (χ2v) is 8.18. The summed E-state index contributed by atoms with van der Waals surface area (Å²) < 4.78 is 6.02. The molecule has 0 radical (unpaired) electrons. The van der Waals surface area contributed by atoms with Crippen molar-refractivity contribution in [3.05, 3.63) is 55.5 Å². The van der Waals surface area contributed by atoms with E-state index in [1.165, 1.54) is 25.2 Å². The molecule has 1 N–H and O–H groups in total. The van der Waals surface area contributed by atoms with Gasteiger partial charge in [-0.15, -0.1) is 11.3 Å². The standard InChI is InChI=1S/C20H22N2O4S/c1-6-26-18(24)20(4,5)22-17(23)15-14(13-9-7-11(2)8-10-13)12(3)27-16(15)21-19(22)25/h7-10H,6H2,1-5H3,(H,21,25). The van der Waals surface area contributed by atoms with Crippen molar-refractivity contribution in [1.82, 2.24) is 9.55 Å². The van der Waals surface area contributed by atoms with E-state index in [1.807, 2.05) is 38.1 Å². The predicted octanol–water partition coefficient (Wildman–Crippen LogP) is 3.33. The molecular weight excluding hydrogens is 364 g/mol. The number of benzene rings is 1. The van der Waals surface area contributed by atoms with Crippen LogP contribution in [0.2, 0.25) is 0 Å². The lowest BCUT2D eigenvalue weighted by atomic mass is 10.0. The van der Waals surface area contributed by atoms with Gasteiger partial charge in [0, 0.05) is 10.4 Å². The first-order valence-electron chi connectivity index (χ1n) is 8.71. The van der Waals surface area contributed by atoms with Gasteiger partial charge in [-0.1, -0.05) is 29.8 Å². The van der Waals surface area contributed by atoms with Crippen LogP contribution in [0.25, 0.3) is 21.3 Å². The van der Waals surface area contributed by atoms with E-state index in [1.54, 1.807) is 6.92 Å². The Morgan fingerprint density at radius 2 is 1.81 bits per heavy atom. The fourth-order valence-corrected chi connectivity index (χ4v) is 4.23. The maximum Gasteiger partial charge on any atom is 0.332 e. The minimum absolute atomic E-state index is 0.170. The molecule has 2 heterocycles. The number of nitrogens with zero attached hydrogens (tertiary/aromatic N) is 1. The predicted molar refractivity (Wildman–Crippen MR) is 108 cm³/mol. The van der Waals surface area contributed by atoms with Crippen LogP contribution < -0.4 is 11.2 Å². The Morgan fingerprint density at radius 1 is 1.19 bits per heavy atom. The van der Waals surface area contributed by atoms with Gasteiger partial charge < -0.3 is 4.74 Å². The van der Waals surface area contributed by atoms with E-state index in [0.29, 0.717) is 10.2 Å². The van der Waals surface area contributed by atoms with Crippen LogP contribution in [0.5, 0.6) is 0 Å². The highest BCUT2D eigenvalue weighted by molar-refractivity contribution is 7.19. The summed E-state index contributed by atoms with van der Waals surface area (Å²) in [5.74, 6) is -0.624. The number of thiophene rings is 1. The van der Waals surface area contributed by atoms with Gasteiger partial charge in [-0.3, -0.25) is 9.78 Å². The summed E-state index contributed by atoms with van der Waals surface area (Å²) in [6, 6.07) is 7.86. The van der Waals surface area contributed by atoms with E-state index >= 15 is 0 Å². The lowest BCUT2D eigenvalue weighted by Gasteiger charge is -2.24. The number of aryl methyl sites for hydroxylation is 2. The van der Waals surface area contributed by atoms with E-state index in [-0.39, 0.29) is 6.61 Å². The van der Waals surface area contributed by atoms with Crippen molar-refractivity contribution in [2.24, 2.45) is 0 Å². The number of carbonyl (C=O) groups excluding carboxylic acids is 1. The number of esters is 1. The maximum absolute atomic E-state index is 13.3. The molecule has 0 atom stereocenters. The van der Waals surface area contributed by atoms with Gasteiger partial charge >= 0.3 is 11.7 Å². The number of aromatic nitrogens is 2. The van der Waals surface area contributed by atoms with E-state index < -0.39 is 22.8 Å². The molecule has 3 aromatic rings. The number of fused-ring (bicyclic) bond motifs is 1. The Kier molecular flexibility index (Phi) is 4.82. The molecule has 0 saturated carbocycles. The lowest BCUT2D eigenvalue weighted by Crippen LogP contribution is -2.51. The Hall–Kier alpha value is -2.67. The van der Waals surface area contributed by atoms with Crippen LogP contribution in [0.4, 0.5) is 0 Å².